The molecule has 22 heavy (non-hydrogen) atoms. The lowest BCUT2D eigenvalue weighted by Crippen LogP contribution is -2.42. The molecule has 2 aliphatic heterocycles. The smallest absolute Gasteiger partial charge is 0.233 e. The standard InChI is InChI=1S/C16H19N3O2S/c17-11-13-1-3-14(4-2-13)16-19(15(20)12-22-16)6-5-18-7-9-21-10-8-18/h1-4,16H,5-10,12H2/t16-/m0/s1. The highest BCUT2D eigenvalue weighted by molar-refractivity contribution is 8.00. The Labute approximate surface area is 134 Å². The molecule has 3 rings (SSSR count). The second-order valence-corrected chi connectivity index (χ2v) is 6.51. The molecule has 1 atom stereocenters. The molecule has 0 aliphatic carbocycles. The molecule has 6 heteroatoms. The summed E-state index contributed by atoms with van der Waals surface area (Å²) < 4.78 is 5.35. The average molecular weight is 317 g/mol. The molecule has 5 nitrogen and oxygen atoms in total. The van der Waals surface area contributed by atoms with Gasteiger partial charge in [-0.2, -0.15) is 5.26 Å². The number of ether oxygens (including phenoxy) is 1. The molecule has 0 N–H and O–H groups in total. The maximum Gasteiger partial charge on any atom is 0.233 e. The van der Waals surface area contributed by atoms with E-state index in [0.29, 0.717) is 11.3 Å². The minimum absolute atomic E-state index is 0.0706. The first-order valence-electron chi connectivity index (χ1n) is 7.49. The van der Waals surface area contributed by atoms with E-state index in [1.54, 1.807) is 11.8 Å². The molecular weight excluding hydrogens is 298 g/mol. The molecule has 1 aromatic carbocycles. The highest BCUT2D eigenvalue weighted by Crippen LogP contribution is 2.38. The van der Waals surface area contributed by atoms with Crippen molar-refractivity contribution in [2.45, 2.75) is 5.37 Å². The van der Waals surface area contributed by atoms with Crippen LogP contribution in [-0.4, -0.2) is 60.9 Å². The van der Waals surface area contributed by atoms with Gasteiger partial charge in [0.15, 0.2) is 0 Å². The van der Waals surface area contributed by atoms with Gasteiger partial charge in [0.25, 0.3) is 0 Å². The lowest BCUT2D eigenvalue weighted by Gasteiger charge is -2.30. The molecule has 116 valence electrons. The molecule has 2 fully saturated rings. The van der Waals surface area contributed by atoms with Crippen LogP contribution < -0.4 is 0 Å². The van der Waals surface area contributed by atoms with E-state index in [-0.39, 0.29) is 11.3 Å². The number of rotatable bonds is 4. The van der Waals surface area contributed by atoms with Crippen molar-refractivity contribution in [1.82, 2.24) is 9.80 Å². The summed E-state index contributed by atoms with van der Waals surface area (Å²) in [5.41, 5.74) is 1.75. The molecule has 0 radical (unpaired) electrons. The number of carbonyl (C=O) groups is 1. The quantitative estimate of drug-likeness (QED) is 0.841. The molecule has 0 saturated carbocycles. The fourth-order valence-corrected chi connectivity index (χ4v) is 3.99. The van der Waals surface area contributed by atoms with E-state index in [0.717, 1.165) is 45.0 Å². The topological polar surface area (TPSA) is 56.6 Å². The Morgan fingerprint density at radius 3 is 2.64 bits per heavy atom. The zero-order valence-electron chi connectivity index (χ0n) is 12.4. The summed E-state index contributed by atoms with van der Waals surface area (Å²) in [4.78, 5) is 16.5. The van der Waals surface area contributed by atoms with Gasteiger partial charge in [0.05, 0.1) is 30.6 Å². The molecule has 0 unspecified atom stereocenters. The molecule has 1 amide bonds. The molecular formula is C16H19N3O2S. The first kappa shape index (κ1) is 15.3. The first-order chi connectivity index (χ1) is 10.8. The van der Waals surface area contributed by atoms with E-state index < -0.39 is 0 Å². The van der Waals surface area contributed by atoms with Crippen LogP contribution in [0.2, 0.25) is 0 Å². The fraction of sp³-hybridized carbons (Fsp3) is 0.500. The van der Waals surface area contributed by atoms with Crippen molar-refractivity contribution in [3.63, 3.8) is 0 Å². The zero-order chi connectivity index (χ0) is 15.4. The van der Waals surface area contributed by atoms with Crippen LogP contribution in [0.1, 0.15) is 16.5 Å². The normalized spacial score (nSPS) is 22.8. The fourth-order valence-electron chi connectivity index (χ4n) is 2.77. The summed E-state index contributed by atoms with van der Waals surface area (Å²) in [6, 6.07) is 9.67. The van der Waals surface area contributed by atoms with Crippen LogP contribution in [0.15, 0.2) is 24.3 Å². The van der Waals surface area contributed by atoms with E-state index in [4.69, 9.17) is 10.00 Å². The van der Waals surface area contributed by atoms with Crippen molar-refractivity contribution in [2.75, 3.05) is 45.1 Å². The molecule has 2 heterocycles. The van der Waals surface area contributed by atoms with Gasteiger partial charge in [0.2, 0.25) is 5.91 Å². The van der Waals surface area contributed by atoms with Crippen LogP contribution in [0.3, 0.4) is 0 Å². The van der Waals surface area contributed by atoms with Gasteiger partial charge in [-0.15, -0.1) is 11.8 Å². The Balaban J connectivity index is 1.64. The van der Waals surface area contributed by atoms with Gasteiger partial charge in [-0.25, -0.2) is 0 Å². The first-order valence-corrected chi connectivity index (χ1v) is 8.54. The Bertz CT molecular complexity index is 564. The Morgan fingerprint density at radius 2 is 1.95 bits per heavy atom. The number of amides is 1. The maximum atomic E-state index is 12.2. The van der Waals surface area contributed by atoms with E-state index in [2.05, 4.69) is 11.0 Å². The lowest BCUT2D eigenvalue weighted by molar-refractivity contribution is -0.128. The van der Waals surface area contributed by atoms with Crippen LogP contribution in [0, 0.1) is 11.3 Å². The van der Waals surface area contributed by atoms with E-state index >= 15 is 0 Å². The van der Waals surface area contributed by atoms with Gasteiger partial charge in [-0.3, -0.25) is 9.69 Å². The number of nitriles is 1. The van der Waals surface area contributed by atoms with Gasteiger partial charge < -0.3 is 9.64 Å². The Kier molecular flexibility index (Phi) is 4.98. The van der Waals surface area contributed by atoms with Gasteiger partial charge in [0, 0.05) is 26.2 Å². The predicted octanol–water partition coefficient (Wildman–Crippen LogP) is 1.46. The number of morpholine rings is 1. The second-order valence-electron chi connectivity index (χ2n) is 5.44. The Morgan fingerprint density at radius 1 is 1.23 bits per heavy atom. The number of nitrogens with zero attached hydrogens (tertiary/aromatic N) is 3. The van der Waals surface area contributed by atoms with Crippen LogP contribution in [0.4, 0.5) is 0 Å². The third kappa shape index (κ3) is 3.43. The monoisotopic (exact) mass is 317 g/mol. The molecule has 2 aliphatic rings. The maximum absolute atomic E-state index is 12.2. The van der Waals surface area contributed by atoms with Gasteiger partial charge in [-0.1, -0.05) is 12.1 Å². The van der Waals surface area contributed by atoms with E-state index in [9.17, 15) is 4.79 Å². The zero-order valence-corrected chi connectivity index (χ0v) is 13.2. The predicted molar refractivity (Wildman–Crippen MR) is 85.3 cm³/mol. The molecule has 0 spiro atoms. The minimum atomic E-state index is 0.0706. The Hall–Kier alpha value is -1.55. The summed E-state index contributed by atoms with van der Waals surface area (Å²) in [7, 11) is 0. The van der Waals surface area contributed by atoms with Gasteiger partial charge >= 0.3 is 0 Å². The summed E-state index contributed by atoms with van der Waals surface area (Å²) >= 11 is 1.66. The third-order valence-electron chi connectivity index (χ3n) is 4.05. The number of thioether (sulfide) groups is 1. The molecule has 0 bridgehead atoms. The van der Waals surface area contributed by atoms with E-state index in [1.807, 2.05) is 29.2 Å². The van der Waals surface area contributed by atoms with Crippen LogP contribution in [-0.2, 0) is 9.53 Å². The van der Waals surface area contributed by atoms with Crippen molar-refractivity contribution in [1.29, 1.82) is 5.26 Å². The van der Waals surface area contributed by atoms with Gasteiger partial charge in [0.1, 0.15) is 5.37 Å². The molecule has 0 aromatic heterocycles. The third-order valence-corrected chi connectivity index (χ3v) is 5.31. The van der Waals surface area contributed by atoms with Crippen LogP contribution >= 0.6 is 11.8 Å². The lowest BCUT2D eigenvalue weighted by atomic mass is 10.1. The minimum Gasteiger partial charge on any atom is -0.379 e. The number of carbonyl (C=O) groups excluding carboxylic acids is 1. The van der Waals surface area contributed by atoms with Crippen molar-refractivity contribution in [3.8, 4) is 6.07 Å². The summed E-state index contributed by atoms with van der Waals surface area (Å²) in [6.07, 6.45) is 0. The summed E-state index contributed by atoms with van der Waals surface area (Å²) in [5.74, 6) is 0.737. The van der Waals surface area contributed by atoms with Crippen molar-refractivity contribution in [2.24, 2.45) is 0 Å². The van der Waals surface area contributed by atoms with Crippen molar-refractivity contribution in [3.05, 3.63) is 35.4 Å². The summed E-state index contributed by atoms with van der Waals surface area (Å²) in [6.45, 7) is 5.08. The van der Waals surface area contributed by atoms with Crippen LogP contribution in [0.5, 0.6) is 0 Å². The van der Waals surface area contributed by atoms with Crippen molar-refractivity contribution < 1.29 is 9.53 Å². The second kappa shape index (κ2) is 7.14. The number of hydrogen-bond donors (Lipinski definition) is 0. The number of hydrogen-bond acceptors (Lipinski definition) is 5. The molecule has 1 aromatic rings. The van der Waals surface area contributed by atoms with Crippen molar-refractivity contribution >= 4 is 17.7 Å². The van der Waals surface area contributed by atoms with Gasteiger partial charge in [-0.05, 0) is 17.7 Å². The SMILES string of the molecule is N#Cc1ccc([C@@H]2SCC(=O)N2CCN2CCOCC2)cc1. The molecule has 2 saturated heterocycles. The largest absolute Gasteiger partial charge is 0.379 e. The number of benzene rings is 1. The highest BCUT2D eigenvalue weighted by atomic mass is 32.2. The van der Waals surface area contributed by atoms with E-state index in [1.165, 1.54) is 0 Å². The highest BCUT2D eigenvalue weighted by Gasteiger charge is 2.32. The summed E-state index contributed by atoms with van der Waals surface area (Å²) in [5, 5.41) is 8.95. The van der Waals surface area contributed by atoms with Crippen LogP contribution in [0.25, 0.3) is 0 Å². The average Bonchev–Trinajstić information content (AvgIpc) is 2.95.